The molecule has 0 amide bonds. The molecule has 1 aromatic heterocycles. The Morgan fingerprint density at radius 1 is 1.24 bits per heavy atom. The summed E-state index contributed by atoms with van der Waals surface area (Å²) in [6.45, 7) is 2.07. The Kier molecular flexibility index (Phi) is 3.28. The lowest BCUT2D eigenvalue weighted by Gasteiger charge is -2.09. The van der Waals surface area contributed by atoms with E-state index in [1.165, 1.54) is 5.56 Å². The Morgan fingerprint density at radius 3 is 2.71 bits per heavy atom. The molecule has 0 spiro atoms. The standard InChI is InChI=1S/C14H16N2O/c1-10-3-6-14(17-2)11(7-10)8-13-5-4-12(15)9-16-13/h3-7,9H,8,15H2,1-2H3. The third-order valence-corrected chi connectivity index (χ3v) is 2.66. The summed E-state index contributed by atoms with van der Waals surface area (Å²) in [5.41, 5.74) is 9.65. The number of anilines is 1. The zero-order valence-corrected chi connectivity index (χ0v) is 10.1. The number of hydrogen-bond donors (Lipinski definition) is 1. The van der Waals surface area contributed by atoms with Crippen molar-refractivity contribution < 1.29 is 4.74 Å². The summed E-state index contributed by atoms with van der Waals surface area (Å²) in [6.07, 6.45) is 2.43. The molecule has 17 heavy (non-hydrogen) atoms. The zero-order chi connectivity index (χ0) is 12.3. The quantitative estimate of drug-likeness (QED) is 0.878. The fourth-order valence-electron chi connectivity index (χ4n) is 1.78. The summed E-state index contributed by atoms with van der Waals surface area (Å²) in [5.74, 6) is 0.897. The highest BCUT2D eigenvalue weighted by molar-refractivity contribution is 5.41. The lowest BCUT2D eigenvalue weighted by molar-refractivity contribution is 0.410. The summed E-state index contributed by atoms with van der Waals surface area (Å²) >= 11 is 0. The number of aryl methyl sites for hydroxylation is 1. The fraction of sp³-hybridized carbons (Fsp3) is 0.214. The van der Waals surface area contributed by atoms with Crippen LogP contribution in [0.4, 0.5) is 5.69 Å². The van der Waals surface area contributed by atoms with Crippen molar-refractivity contribution in [3.63, 3.8) is 0 Å². The van der Waals surface area contributed by atoms with Gasteiger partial charge in [-0.05, 0) is 25.1 Å². The van der Waals surface area contributed by atoms with Gasteiger partial charge in [0.25, 0.3) is 0 Å². The van der Waals surface area contributed by atoms with Crippen LogP contribution < -0.4 is 10.5 Å². The van der Waals surface area contributed by atoms with Gasteiger partial charge in [0, 0.05) is 17.7 Å². The van der Waals surface area contributed by atoms with E-state index < -0.39 is 0 Å². The van der Waals surface area contributed by atoms with Crippen molar-refractivity contribution in [2.75, 3.05) is 12.8 Å². The molecule has 1 heterocycles. The van der Waals surface area contributed by atoms with Crippen molar-refractivity contribution >= 4 is 5.69 Å². The van der Waals surface area contributed by atoms with E-state index in [-0.39, 0.29) is 0 Å². The molecule has 2 aromatic rings. The van der Waals surface area contributed by atoms with Crippen LogP contribution in [0.15, 0.2) is 36.5 Å². The monoisotopic (exact) mass is 228 g/mol. The third-order valence-electron chi connectivity index (χ3n) is 2.66. The highest BCUT2D eigenvalue weighted by atomic mass is 16.5. The molecule has 0 saturated carbocycles. The Hall–Kier alpha value is -2.03. The maximum absolute atomic E-state index is 5.61. The molecule has 3 heteroatoms. The number of pyridine rings is 1. The van der Waals surface area contributed by atoms with E-state index in [4.69, 9.17) is 10.5 Å². The van der Waals surface area contributed by atoms with Gasteiger partial charge in [-0.2, -0.15) is 0 Å². The number of nitrogen functional groups attached to an aromatic ring is 1. The Morgan fingerprint density at radius 2 is 2.06 bits per heavy atom. The van der Waals surface area contributed by atoms with Gasteiger partial charge in [-0.3, -0.25) is 4.98 Å². The number of hydrogen-bond acceptors (Lipinski definition) is 3. The SMILES string of the molecule is COc1ccc(C)cc1Cc1ccc(N)cn1. The second-order valence-electron chi connectivity index (χ2n) is 4.07. The van der Waals surface area contributed by atoms with E-state index in [0.717, 1.165) is 23.4 Å². The van der Waals surface area contributed by atoms with Gasteiger partial charge in [0.05, 0.1) is 19.0 Å². The molecule has 2 rings (SSSR count). The Labute approximate surface area is 101 Å². The molecular formula is C14H16N2O. The molecular weight excluding hydrogens is 212 g/mol. The molecule has 0 unspecified atom stereocenters. The van der Waals surface area contributed by atoms with Gasteiger partial charge in [0.15, 0.2) is 0 Å². The summed E-state index contributed by atoms with van der Waals surface area (Å²) in [6, 6.07) is 9.96. The number of nitrogens with two attached hydrogens (primary N) is 1. The molecule has 0 atom stereocenters. The van der Waals surface area contributed by atoms with Crippen molar-refractivity contribution in [3.05, 3.63) is 53.3 Å². The van der Waals surface area contributed by atoms with E-state index in [2.05, 4.69) is 18.0 Å². The van der Waals surface area contributed by atoms with Crippen molar-refractivity contribution in [1.82, 2.24) is 4.98 Å². The van der Waals surface area contributed by atoms with Crippen LogP contribution in [0.3, 0.4) is 0 Å². The highest BCUT2D eigenvalue weighted by Gasteiger charge is 2.05. The predicted octanol–water partition coefficient (Wildman–Crippen LogP) is 2.57. The third kappa shape index (κ3) is 2.75. The second kappa shape index (κ2) is 4.87. The zero-order valence-electron chi connectivity index (χ0n) is 10.1. The predicted molar refractivity (Wildman–Crippen MR) is 69.2 cm³/mol. The van der Waals surface area contributed by atoms with E-state index in [1.54, 1.807) is 13.3 Å². The summed E-state index contributed by atoms with van der Waals surface area (Å²) in [4.78, 5) is 4.30. The molecule has 0 radical (unpaired) electrons. The van der Waals surface area contributed by atoms with Crippen molar-refractivity contribution in [2.45, 2.75) is 13.3 Å². The first-order chi connectivity index (χ1) is 8.19. The minimum atomic E-state index is 0.685. The van der Waals surface area contributed by atoms with Crippen molar-refractivity contribution in [3.8, 4) is 5.75 Å². The maximum atomic E-state index is 5.61. The molecule has 2 N–H and O–H groups in total. The molecule has 0 aliphatic carbocycles. The maximum Gasteiger partial charge on any atom is 0.122 e. The second-order valence-corrected chi connectivity index (χ2v) is 4.07. The molecule has 88 valence electrons. The normalized spacial score (nSPS) is 10.2. The lowest BCUT2D eigenvalue weighted by Crippen LogP contribution is -1.97. The number of methoxy groups -OCH3 is 1. The summed E-state index contributed by atoms with van der Waals surface area (Å²) in [5, 5.41) is 0. The van der Waals surface area contributed by atoms with Gasteiger partial charge in [-0.1, -0.05) is 17.7 Å². The molecule has 3 nitrogen and oxygen atoms in total. The number of aromatic nitrogens is 1. The van der Waals surface area contributed by atoms with Crippen LogP contribution in [0, 0.1) is 6.92 Å². The van der Waals surface area contributed by atoms with Gasteiger partial charge in [0.1, 0.15) is 5.75 Å². The summed E-state index contributed by atoms with van der Waals surface area (Å²) in [7, 11) is 1.69. The lowest BCUT2D eigenvalue weighted by atomic mass is 10.1. The smallest absolute Gasteiger partial charge is 0.122 e. The first-order valence-corrected chi connectivity index (χ1v) is 5.53. The van der Waals surface area contributed by atoms with Crippen molar-refractivity contribution in [2.24, 2.45) is 0 Å². The number of rotatable bonds is 3. The number of nitrogens with zero attached hydrogens (tertiary/aromatic N) is 1. The Bertz CT molecular complexity index is 506. The molecule has 0 aliphatic heterocycles. The van der Waals surface area contributed by atoms with Gasteiger partial charge in [0.2, 0.25) is 0 Å². The van der Waals surface area contributed by atoms with Gasteiger partial charge < -0.3 is 10.5 Å². The van der Waals surface area contributed by atoms with Crippen LogP contribution >= 0.6 is 0 Å². The first kappa shape index (κ1) is 11.5. The van der Waals surface area contributed by atoms with Crippen LogP contribution in [0.1, 0.15) is 16.8 Å². The van der Waals surface area contributed by atoms with E-state index >= 15 is 0 Å². The number of ether oxygens (including phenoxy) is 1. The van der Waals surface area contributed by atoms with Crippen LogP contribution in [-0.2, 0) is 6.42 Å². The average molecular weight is 228 g/mol. The minimum Gasteiger partial charge on any atom is -0.496 e. The van der Waals surface area contributed by atoms with Gasteiger partial charge >= 0.3 is 0 Å². The largest absolute Gasteiger partial charge is 0.496 e. The van der Waals surface area contributed by atoms with E-state index in [0.29, 0.717) is 5.69 Å². The van der Waals surface area contributed by atoms with E-state index in [9.17, 15) is 0 Å². The van der Waals surface area contributed by atoms with Crippen LogP contribution in [-0.4, -0.2) is 12.1 Å². The highest BCUT2D eigenvalue weighted by Crippen LogP contribution is 2.22. The molecule has 0 fully saturated rings. The van der Waals surface area contributed by atoms with Crippen LogP contribution in [0.5, 0.6) is 5.75 Å². The average Bonchev–Trinajstić information content (AvgIpc) is 2.32. The first-order valence-electron chi connectivity index (χ1n) is 5.53. The van der Waals surface area contributed by atoms with Crippen LogP contribution in [0.25, 0.3) is 0 Å². The molecule has 1 aromatic carbocycles. The van der Waals surface area contributed by atoms with Crippen LogP contribution in [0.2, 0.25) is 0 Å². The van der Waals surface area contributed by atoms with E-state index in [1.807, 2.05) is 24.3 Å². The number of benzene rings is 1. The minimum absolute atomic E-state index is 0.685. The van der Waals surface area contributed by atoms with Crippen molar-refractivity contribution in [1.29, 1.82) is 0 Å². The fourth-order valence-corrected chi connectivity index (χ4v) is 1.78. The van der Waals surface area contributed by atoms with Gasteiger partial charge in [-0.25, -0.2) is 0 Å². The molecule has 0 saturated heterocycles. The Balaban J connectivity index is 2.28. The topological polar surface area (TPSA) is 48.1 Å². The summed E-state index contributed by atoms with van der Waals surface area (Å²) < 4.78 is 5.34. The molecule has 0 bridgehead atoms. The molecule has 0 aliphatic rings. The van der Waals surface area contributed by atoms with Gasteiger partial charge in [-0.15, -0.1) is 0 Å².